The van der Waals surface area contributed by atoms with Crippen LogP contribution in [0.3, 0.4) is 0 Å². The summed E-state index contributed by atoms with van der Waals surface area (Å²) in [7, 11) is 1.95. The number of imidazole rings is 1. The van der Waals surface area contributed by atoms with E-state index in [2.05, 4.69) is 31.5 Å². The number of aromatic nitrogens is 2. The normalized spacial score (nSPS) is 13.8. The van der Waals surface area contributed by atoms with Crippen molar-refractivity contribution in [3.8, 4) is 11.4 Å². The number of carboxylic acids is 1. The SMILES string of the molecule is Cn1ccnc1-c1ccc(N/C(=C2\C(=O)Nc3cc(Br)ccc32)c2cccc(CCC(=O)O)c2)cc1. The molecule has 3 aromatic carbocycles. The third-order valence-corrected chi connectivity index (χ3v) is 6.55. The smallest absolute Gasteiger partial charge is 0.303 e. The van der Waals surface area contributed by atoms with Gasteiger partial charge in [-0.3, -0.25) is 9.59 Å². The number of nitrogens with one attached hydrogen (secondary N) is 2. The first kappa shape index (κ1) is 23.6. The zero-order valence-corrected chi connectivity index (χ0v) is 21.0. The Bertz CT molecular complexity index is 1510. The molecule has 180 valence electrons. The van der Waals surface area contributed by atoms with Crippen molar-refractivity contribution in [1.82, 2.24) is 9.55 Å². The highest BCUT2D eigenvalue weighted by atomic mass is 79.9. The summed E-state index contributed by atoms with van der Waals surface area (Å²) in [5.41, 5.74) is 6.18. The fourth-order valence-electron chi connectivity index (χ4n) is 4.30. The molecule has 7 nitrogen and oxygen atoms in total. The molecule has 1 aromatic heterocycles. The lowest BCUT2D eigenvalue weighted by Crippen LogP contribution is -2.10. The van der Waals surface area contributed by atoms with E-state index in [1.54, 1.807) is 6.20 Å². The highest BCUT2D eigenvalue weighted by molar-refractivity contribution is 9.10. The lowest BCUT2D eigenvalue weighted by Gasteiger charge is -2.16. The molecule has 0 fully saturated rings. The van der Waals surface area contributed by atoms with Gasteiger partial charge in [0, 0.05) is 47.1 Å². The van der Waals surface area contributed by atoms with E-state index in [4.69, 9.17) is 5.11 Å². The van der Waals surface area contributed by atoms with Gasteiger partial charge in [-0.15, -0.1) is 0 Å². The number of hydrogen-bond donors (Lipinski definition) is 3. The Morgan fingerprint density at radius 1 is 1.11 bits per heavy atom. The van der Waals surface area contributed by atoms with E-state index >= 15 is 0 Å². The molecule has 0 aliphatic carbocycles. The maximum Gasteiger partial charge on any atom is 0.303 e. The number of aliphatic carboxylic acids is 1. The molecule has 0 saturated heterocycles. The second kappa shape index (κ2) is 9.83. The molecule has 0 spiro atoms. The Morgan fingerprint density at radius 2 is 1.92 bits per heavy atom. The maximum atomic E-state index is 13.2. The molecule has 0 saturated carbocycles. The average Bonchev–Trinajstić information content (AvgIpc) is 3.43. The Hall–Kier alpha value is -4.17. The third kappa shape index (κ3) is 4.81. The molecule has 1 aliphatic rings. The van der Waals surface area contributed by atoms with E-state index < -0.39 is 5.97 Å². The highest BCUT2D eigenvalue weighted by Crippen LogP contribution is 2.39. The van der Waals surface area contributed by atoms with Crippen molar-refractivity contribution in [1.29, 1.82) is 0 Å². The molecular formula is C28H23BrN4O3. The molecular weight excluding hydrogens is 520 g/mol. The van der Waals surface area contributed by atoms with Crippen LogP contribution in [0.25, 0.3) is 22.7 Å². The molecule has 3 N–H and O–H groups in total. The summed E-state index contributed by atoms with van der Waals surface area (Å²) in [6.45, 7) is 0. The van der Waals surface area contributed by atoms with Crippen LogP contribution in [0, 0.1) is 0 Å². The van der Waals surface area contributed by atoms with Crippen LogP contribution in [0.5, 0.6) is 0 Å². The topological polar surface area (TPSA) is 96.3 Å². The summed E-state index contributed by atoms with van der Waals surface area (Å²) in [6.07, 6.45) is 4.10. The molecule has 2 heterocycles. The Labute approximate surface area is 216 Å². The summed E-state index contributed by atoms with van der Waals surface area (Å²) in [6, 6.07) is 21.2. The number of benzene rings is 3. The van der Waals surface area contributed by atoms with Crippen molar-refractivity contribution in [2.75, 3.05) is 10.6 Å². The van der Waals surface area contributed by atoms with E-state index in [0.717, 1.165) is 43.9 Å². The van der Waals surface area contributed by atoms with Crippen molar-refractivity contribution in [3.63, 3.8) is 0 Å². The van der Waals surface area contributed by atoms with E-state index in [9.17, 15) is 9.59 Å². The van der Waals surface area contributed by atoms with E-state index in [-0.39, 0.29) is 12.3 Å². The number of hydrogen-bond acceptors (Lipinski definition) is 4. The molecule has 8 heteroatoms. The number of amides is 1. The van der Waals surface area contributed by atoms with Gasteiger partial charge >= 0.3 is 5.97 Å². The Kier molecular flexibility index (Phi) is 6.43. The lowest BCUT2D eigenvalue weighted by atomic mass is 9.97. The number of aryl methyl sites for hydroxylation is 2. The molecule has 4 aromatic rings. The van der Waals surface area contributed by atoms with Gasteiger partial charge in [-0.2, -0.15) is 0 Å². The van der Waals surface area contributed by atoms with E-state index in [1.165, 1.54) is 0 Å². The fourth-order valence-corrected chi connectivity index (χ4v) is 4.66. The van der Waals surface area contributed by atoms with Crippen LogP contribution >= 0.6 is 15.9 Å². The molecule has 5 rings (SSSR count). The Morgan fingerprint density at radius 3 is 2.64 bits per heavy atom. The van der Waals surface area contributed by atoms with Crippen LogP contribution in [-0.2, 0) is 23.1 Å². The lowest BCUT2D eigenvalue weighted by molar-refractivity contribution is -0.137. The van der Waals surface area contributed by atoms with Crippen LogP contribution < -0.4 is 10.6 Å². The van der Waals surface area contributed by atoms with Gasteiger partial charge in [0.1, 0.15) is 5.82 Å². The van der Waals surface area contributed by atoms with Crippen LogP contribution in [0.2, 0.25) is 0 Å². The maximum absolute atomic E-state index is 13.2. The van der Waals surface area contributed by atoms with Crippen molar-refractivity contribution >= 4 is 50.5 Å². The second-order valence-corrected chi connectivity index (χ2v) is 9.47. The molecule has 0 bridgehead atoms. The van der Waals surface area contributed by atoms with Gasteiger partial charge in [0.25, 0.3) is 5.91 Å². The minimum Gasteiger partial charge on any atom is -0.481 e. The monoisotopic (exact) mass is 542 g/mol. The number of halogens is 1. The predicted molar refractivity (Wildman–Crippen MR) is 144 cm³/mol. The number of rotatable bonds is 7. The van der Waals surface area contributed by atoms with Crippen molar-refractivity contribution in [3.05, 3.63) is 100 Å². The summed E-state index contributed by atoms with van der Waals surface area (Å²) in [5.74, 6) is -0.188. The first-order valence-electron chi connectivity index (χ1n) is 11.4. The van der Waals surface area contributed by atoms with Gasteiger partial charge < -0.3 is 20.3 Å². The average molecular weight is 543 g/mol. The molecule has 1 amide bonds. The van der Waals surface area contributed by atoms with Crippen LogP contribution in [0.1, 0.15) is 23.1 Å². The highest BCUT2D eigenvalue weighted by Gasteiger charge is 2.28. The zero-order valence-electron chi connectivity index (χ0n) is 19.5. The molecule has 0 atom stereocenters. The van der Waals surface area contributed by atoms with Gasteiger partial charge in [-0.1, -0.05) is 40.2 Å². The Balaban J connectivity index is 1.58. The summed E-state index contributed by atoms with van der Waals surface area (Å²) in [4.78, 5) is 28.7. The van der Waals surface area contributed by atoms with E-state index in [0.29, 0.717) is 17.7 Å². The van der Waals surface area contributed by atoms with Crippen molar-refractivity contribution in [2.24, 2.45) is 7.05 Å². The van der Waals surface area contributed by atoms with Crippen LogP contribution in [0.4, 0.5) is 11.4 Å². The first-order valence-corrected chi connectivity index (χ1v) is 12.2. The number of carbonyl (C=O) groups is 2. The van der Waals surface area contributed by atoms with Crippen LogP contribution in [-0.4, -0.2) is 26.5 Å². The van der Waals surface area contributed by atoms with Gasteiger partial charge in [0.05, 0.1) is 17.0 Å². The summed E-state index contributed by atoms with van der Waals surface area (Å²) >= 11 is 3.47. The first-order chi connectivity index (χ1) is 17.4. The van der Waals surface area contributed by atoms with Crippen LogP contribution in [0.15, 0.2) is 83.6 Å². The molecule has 0 unspecified atom stereocenters. The third-order valence-electron chi connectivity index (χ3n) is 6.05. The van der Waals surface area contributed by atoms with Crippen molar-refractivity contribution in [2.45, 2.75) is 12.8 Å². The predicted octanol–water partition coefficient (Wildman–Crippen LogP) is 5.80. The number of fused-ring (bicyclic) bond motifs is 1. The summed E-state index contributed by atoms with van der Waals surface area (Å²) < 4.78 is 2.83. The van der Waals surface area contributed by atoms with Gasteiger partial charge in [-0.25, -0.2) is 4.98 Å². The number of carbonyl (C=O) groups excluding carboxylic acids is 1. The number of nitrogens with zero attached hydrogens (tertiary/aromatic N) is 2. The molecule has 36 heavy (non-hydrogen) atoms. The largest absolute Gasteiger partial charge is 0.481 e. The second-order valence-electron chi connectivity index (χ2n) is 8.55. The minimum absolute atomic E-state index is 0.0365. The molecule has 0 radical (unpaired) electrons. The number of carboxylic acid groups (broad SMARTS) is 1. The summed E-state index contributed by atoms with van der Waals surface area (Å²) in [5, 5.41) is 15.5. The number of anilines is 2. The van der Waals surface area contributed by atoms with Crippen molar-refractivity contribution < 1.29 is 14.7 Å². The van der Waals surface area contributed by atoms with Gasteiger partial charge in [0.15, 0.2) is 0 Å². The standard InChI is InChI=1S/C28H23BrN4O3/c1-33-14-13-30-27(33)18-6-9-21(10-7-18)31-26(19-4-2-3-17(15-19)5-12-24(34)35)25-22-11-8-20(29)16-23(22)32-28(25)36/h2-4,6-11,13-16,31H,5,12H2,1H3,(H,32,36)(H,34,35)/b26-25-. The molecule has 1 aliphatic heterocycles. The fraction of sp³-hybridized carbons (Fsp3) is 0.107. The zero-order chi connectivity index (χ0) is 25.2. The van der Waals surface area contributed by atoms with E-state index in [1.807, 2.05) is 84.5 Å². The minimum atomic E-state index is -0.848. The quantitative estimate of drug-likeness (QED) is 0.256. The van der Waals surface area contributed by atoms with Gasteiger partial charge in [-0.05, 0) is 60.0 Å². The van der Waals surface area contributed by atoms with Gasteiger partial charge in [0.2, 0.25) is 0 Å².